The van der Waals surface area contributed by atoms with Gasteiger partial charge in [-0.05, 0) is 49.4 Å². The predicted molar refractivity (Wildman–Crippen MR) is 317 cm³/mol. The number of phosphoric ester groups is 2. The van der Waals surface area contributed by atoms with E-state index in [0.717, 1.165) is 108 Å². The molecule has 19 heteroatoms. The summed E-state index contributed by atoms with van der Waals surface area (Å²) in [5.41, 5.74) is 0. The van der Waals surface area contributed by atoms with Gasteiger partial charge in [0.2, 0.25) is 0 Å². The zero-order valence-corrected chi connectivity index (χ0v) is 53.5. The second-order valence-electron chi connectivity index (χ2n) is 24.0. The molecule has 0 saturated carbocycles. The van der Waals surface area contributed by atoms with Crippen LogP contribution in [-0.2, 0) is 65.4 Å². The lowest BCUT2D eigenvalue weighted by Gasteiger charge is -2.21. The van der Waals surface area contributed by atoms with Crippen molar-refractivity contribution in [2.75, 3.05) is 39.6 Å². The van der Waals surface area contributed by atoms with Crippen LogP contribution >= 0.6 is 15.6 Å². The maximum atomic E-state index is 12.9. The Bertz CT molecular complexity index is 1610. The van der Waals surface area contributed by atoms with Gasteiger partial charge in [-0.2, -0.15) is 0 Å². The maximum Gasteiger partial charge on any atom is 0.472 e. The van der Waals surface area contributed by atoms with Gasteiger partial charge in [0.15, 0.2) is 12.2 Å². The molecule has 0 radical (unpaired) electrons. The number of ether oxygens (including phenoxy) is 4. The van der Waals surface area contributed by atoms with E-state index in [1.807, 2.05) is 0 Å². The third kappa shape index (κ3) is 55.3. The SMILES string of the molecule is CC(C)CCCCCCCCCCC(=O)OC[C@H](COP(=O)(O)OCC(O)COP(=O)(O)OC[C@@H](COC(=O)CCCCCCCCC(C)C)OC(=O)CCCCCCCCCCC(C)C)OC(=O)CCCCCCCCC(C)C. The minimum Gasteiger partial charge on any atom is -0.462 e. The van der Waals surface area contributed by atoms with E-state index in [0.29, 0.717) is 37.5 Å². The Morgan fingerprint density at radius 1 is 0.312 bits per heavy atom. The molecule has 474 valence electrons. The number of carbonyl (C=O) groups excluding carboxylic acids is 4. The number of unbranched alkanes of at least 4 members (excludes halogenated alkanes) is 24. The van der Waals surface area contributed by atoms with E-state index in [1.165, 1.54) is 83.5 Å². The summed E-state index contributed by atoms with van der Waals surface area (Å²) in [7, 11) is -9.88. The monoisotopic (exact) mass is 1180 g/mol. The summed E-state index contributed by atoms with van der Waals surface area (Å²) in [6, 6.07) is 0. The van der Waals surface area contributed by atoms with Gasteiger partial charge in [-0.15, -0.1) is 0 Å². The molecule has 0 rings (SSSR count). The summed E-state index contributed by atoms with van der Waals surface area (Å²) in [5, 5.41) is 10.5. The molecule has 0 aromatic rings. The van der Waals surface area contributed by atoms with Crippen molar-refractivity contribution in [2.45, 2.75) is 305 Å². The summed E-state index contributed by atoms with van der Waals surface area (Å²) in [6.45, 7) is 13.8. The highest BCUT2D eigenvalue weighted by Crippen LogP contribution is 2.45. The van der Waals surface area contributed by atoms with Gasteiger partial charge in [-0.3, -0.25) is 37.3 Å². The van der Waals surface area contributed by atoms with Gasteiger partial charge in [0, 0.05) is 25.7 Å². The Kier molecular flexibility index (Phi) is 50.2. The molecule has 0 aromatic heterocycles. The van der Waals surface area contributed by atoms with Crippen LogP contribution in [0.4, 0.5) is 0 Å². The van der Waals surface area contributed by atoms with Gasteiger partial charge in [0.1, 0.15) is 19.3 Å². The van der Waals surface area contributed by atoms with Gasteiger partial charge in [-0.25, -0.2) is 9.13 Å². The first-order valence-electron chi connectivity index (χ1n) is 31.7. The molecule has 0 aliphatic carbocycles. The van der Waals surface area contributed by atoms with Crippen LogP contribution in [0.25, 0.3) is 0 Å². The van der Waals surface area contributed by atoms with E-state index in [9.17, 15) is 43.2 Å². The van der Waals surface area contributed by atoms with Crippen molar-refractivity contribution in [1.29, 1.82) is 0 Å². The molecule has 17 nitrogen and oxygen atoms in total. The maximum absolute atomic E-state index is 12.9. The van der Waals surface area contributed by atoms with Crippen LogP contribution in [0.5, 0.6) is 0 Å². The molecule has 0 bridgehead atoms. The van der Waals surface area contributed by atoms with Gasteiger partial charge < -0.3 is 33.8 Å². The quantitative estimate of drug-likeness (QED) is 0.0222. The normalized spacial score (nSPS) is 14.5. The Hall–Kier alpha value is -1.94. The van der Waals surface area contributed by atoms with Crippen LogP contribution in [0.1, 0.15) is 287 Å². The molecule has 0 spiro atoms. The molecule has 0 aliphatic rings. The van der Waals surface area contributed by atoms with Crippen LogP contribution in [-0.4, -0.2) is 96.7 Å². The van der Waals surface area contributed by atoms with Crippen molar-refractivity contribution in [3.8, 4) is 0 Å². The molecule has 0 fully saturated rings. The van der Waals surface area contributed by atoms with E-state index in [-0.39, 0.29) is 25.7 Å². The largest absolute Gasteiger partial charge is 0.472 e. The van der Waals surface area contributed by atoms with Crippen molar-refractivity contribution in [3.63, 3.8) is 0 Å². The molecule has 0 aromatic carbocycles. The third-order valence-corrected chi connectivity index (χ3v) is 15.7. The van der Waals surface area contributed by atoms with Crippen LogP contribution in [0, 0.1) is 23.7 Å². The molecule has 0 amide bonds. The molecular formula is C61H118O17P2. The van der Waals surface area contributed by atoms with Crippen molar-refractivity contribution < 1.29 is 80.2 Å². The summed E-state index contributed by atoms with van der Waals surface area (Å²) in [5.74, 6) is 0.643. The fourth-order valence-electron chi connectivity index (χ4n) is 8.90. The van der Waals surface area contributed by atoms with Crippen molar-refractivity contribution in [1.82, 2.24) is 0 Å². The van der Waals surface area contributed by atoms with E-state index >= 15 is 0 Å². The van der Waals surface area contributed by atoms with Crippen LogP contribution < -0.4 is 0 Å². The number of hydrogen-bond donors (Lipinski definition) is 3. The summed E-state index contributed by atoms with van der Waals surface area (Å²) in [6.07, 6.45) is 29.8. The smallest absolute Gasteiger partial charge is 0.462 e. The number of hydrogen-bond acceptors (Lipinski definition) is 15. The van der Waals surface area contributed by atoms with Crippen molar-refractivity contribution >= 4 is 39.5 Å². The van der Waals surface area contributed by atoms with Gasteiger partial charge >= 0.3 is 39.5 Å². The zero-order chi connectivity index (χ0) is 59.7. The van der Waals surface area contributed by atoms with Gasteiger partial charge in [0.25, 0.3) is 0 Å². The zero-order valence-electron chi connectivity index (χ0n) is 51.7. The van der Waals surface area contributed by atoms with E-state index in [2.05, 4.69) is 55.4 Å². The fourth-order valence-corrected chi connectivity index (χ4v) is 10.5. The lowest BCUT2D eigenvalue weighted by molar-refractivity contribution is -0.161. The lowest BCUT2D eigenvalue weighted by Crippen LogP contribution is -2.30. The van der Waals surface area contributed by atoms with Crippen molar-refractivity contribution in [3.05, 3.63) is 0 Å². The second-order valence-corrected chi connectivity index (χ2v) is 26.9. The fraction of sp³-hybridized carbons (Fsp3) is 0.934. The average molecular weight is 1190 g/mol. The minimum absolute atomic E-state index is 0.101. The first-order valence-corrected chi connectivity index (χ1v) is 34.7. The number of esters is 4. The van der Waals surface area contributed by atoms with E-state index in [1.54, 1.807) is 0 Å². The van der Waals surface area contributed by atoms with Crippen LogP contribution in [0.2, 0.25) is 0 Å². The van der Waals surface area contributed by atoms with Crippen molar-refractivity contribution in [2.24, 2.45) is 23.7 Å². The minimum atomic E-state index is -4.94. The molecule has 5 atom stereocenters. The highest BCUT2D eigenvalue weighted by molar-refractivity contribution is 7.47. The number of rotatable bonds is 58. The average Bonchev–Trinajstić information content (AvgIpc) is 3.39. The molecule has 0 aliphatic heterocycles. The summed E-state index contributed by atoms with van der Waals surface area (Å²) in [4.78, 5) is 72.0. The summed E-state index contributed by atoms with van der Waals surface area (Å²) < 4.78 is 67.8. The highest BCUT2D eigenvalue weighted by atomic mass is 31.2. The molecule has 0 heterocycles. The third-order valence-electron chi connectivity index (χ3n) is 13.8. The number of carbonyl (C=O) groups is 4. The lowest BCUT2D eigenvalue weighted by atomic mass is 10.0. The number of aliphatic hydroxyl groups is 1. The highest BCUT2D eigenvalue weighted by Gasteiger charge is 2.30. The Morgan fingerprint density at radius 3 is 0.775 bits per heavy atom. The Morgan fingerprint density at radius 2 is 0.525 bits per heavy atom. The second kappa shape index (κ2) is 51.5. The molecule has 80 heavy (non-hydrogen) atoms. The van der Waals surface area contributed by atoms with Gasteiger partial charge in [0.05, 0.1) is 26.4 Å². The summed E-state index contributed by atoms with van der Waals surface area (Å²) >= 11 is 0. The molecule has 3 unspecified atom stereocenters. The first kappa shape index (κ1) is 78.1. The van der Waals surface area contributed by atoms with E-state index in [4.69, 9.17) is 37.0 Å². The predicted octanol–water partition coefficient (Wildman–Crippen LogP) is 16.2. The first-order chi connectivity index (χ1) is 38.1. The van der Waals surface area contributed by atoms with Crippen LogP contribution in [0.3, 0.4) is 0 Å². The number of phosphoric acid groups is 2. The Balaban J connectivity index is 5.24. The van der Waals surface area contributed by atoms with Gasteiger partial charge in [-0.1, -0.05) is 235 Å². The molecule has 3 N–H and O–H groups in total. The number of aliphatic hydroxyl groups excluding tert-OH is 1. The standard InChI is InChI=1S/C61H118O17P2/c1-51(2)37-29-21-13-9-11-15-25-33-41-58(63)71-47-57(78-61(66)44-36-28-20-18-24-32-40-54(7)8)50-76-80(69,70)74-46-55(62)45-73-79(67,68)75-49-56(48-72-59(64)42-34-26-19-17-23-31-39-53(5)6)77-60(65)43-35-27-16-12-10-14-22-30-38-52(3)4/h51-57,62H,9-50H2,1-8H3,(H,67,68)(H,69,70)/t55?,56-,57-/m1/s1. The molecule has 0 saturated heterocycles. The van der Waals surface area contributed by atoms with E-state index < -0.39 is 97.5 Å². The van der Waals surface area contributed by atoms with Crippen LogP contribution in [0.15, 0.2) is 0 Å². The topological polar surface area (TPSA) is 237 Å². The Labute approximate surface area is 486 Å². The molecular weight excluding hydrogens is 1070 g/mol.